The third-order valence-corrected chi connectivity index (χ3v) is 5.91. The smallest absolute Gasteiger partial charge is 0.371 e. The van der Waals surface area contributed by atoms with Crippen LogP contribution in [0.3, 0.4) is 0 Å². The Kier molecular flexibility index (Phi) is 3.84. The Balaban J connectivity index is 1.91. The first kappa shape index (κ1) is 15.3. The van der Waals surface area contributed by atoms with Crippen molar-refractivity contribution in [3.8, 4) is 0 Å². The highest BCUT2D eigenvalue weighted by atomic mass is 79.9. The predicted octanol–water partition coefficient (Wildman–Crippen LogP) is 2.71. The monoisotopic (exact) mass is 385 g/mol. The molecule has 0 unspecified atom stereocenters. The van der Waals surface area contributed by atoms with Crippen molar-refractivity contribution in [3.05, 3.63) is 51.9 Å². The van der Waals surface area contributed by atoms with Gasteiger partial charge in [-0.3, -0.25) is 0 Å². The van der Waals surface area contributed by atoms with Gasteiger partial charge in [-0.05, 0) is 39.9 Å². The molecule has 0 saturated carbocycles. The van der Waals surface area contributed by atoms with Crippen LogP contribution in [0.25, 0.3) is 0 Å². The lowest BCUT2D eigenvalue weighted by atomic mass is 10.1. The van der Waals surface area contributed by atoms with Gasteiger partial charge in [0.05, 0.1) is 0 Å². The zero-order valence-electron chi connectivity index (χ0n) is 11.2. The summed E-state index contributed by atoms with van der Waals surface area (Å²) in [6.07, 6.45) is 1.47. The fraction of sp³-hybridized carbons (Fsp3) is 0.214. The van der Waals surface area contributed by atoms with E-state index < -0.39 is 21.8 Å². The van der Waals surface area contributed by atoms with Crippen LogP contribution in [0.4, 0.5) is 0 Å². The second-order valence-electron chi connectivity index (χ2n) is 4.97. The number of hydrogen-bond acceptors (Lipinski definition) is 4. The van der Waals surface area contributed by atoms with Crippen molar-refractivity contribution in [2.75, 3.05) is 0 Å². The van der Waals surface area contributed by atoms with E-state index in [1.807, 2.05) is 24.3 Å². The van der Waals surface area contributed by atoms with Gasteiger partial charge < -0.3 is 9.52 Å². The Labute approximate surface area is 135 Å². The Hall–Kier alpha value is -1.64. The molecule has 3 rings (SSSR count). The van der Waals surface area contributed by atoms with Crippen LogP contribution in [-0.2, 0) is 16.4 Å². The highest BCUT2D eigenvalue weighted by molar-refractivity contribution is 9.10. The number of carbonyl (C=O) groups is 1. The van der Waals surface area contributed by atoms with Crippen molar-refractivity contribution in [1.82, 2.24) is 4.72 Å². The average Bonchev–Trinajstić information content (AvgIpc) is 3.03. The second kappa shape index (κ2) is 5.53. The van der Waals surface area contributed by atoms with E-state index in [1.54, 1.807) is 0 Å². The Bertz CT molecular complexity index is 843. The summed E-state index contributed by atoms with van der Waals surface area (Å²) in [4.78, 5) is 10.7. The zero-order valence-corrected chi connectivity index (χ0v) is 13.6. The van der Waals surface area contributed by atoms with Crippen molar-refractivity contribution in [2.24, 2.45) is 0 Å². The van der Waals surface area contributed by atoms with Gasteiger partial charge in [0, 0.05) is 12.1 Å². The molecule has 2 aromatic rings. The van der Waals surface area contributed by atoms with Gasteiger partial charge in [-0.1, -0.05) is 24.3 Å². The van der Waals surface area contributed by atoms with Gasteiger partial charge in [-0.25, -0.2) is 17.9 Å². The van der Waals surface area contributed by atoms with E-state index in [9.17, 15) is 13.2 Å². The number of benzene rings is 1. The van der Waals surface area contributed by atoms with Crippen molar-refractivity contribution in [3.63, 3.8) is 0 Å². The number of aromatic carboxylic acids is 1. The van der Waals surface area contributed by atoms with Crippen LogP contribution in [-0.4, -0.2) is 19.5 Å². The lowest BCUT2D eigenvalue weighted by Crippen LogP contribution is -2.27. The summed E-state index contributed by atoms with van der Waals surface area (Å²) in [6, 6.07) is 8.32. The minimum Gasteiger partial charge on any atom is -0.475 e. The summed E-state index contributed by atoms with van der Waals surface area (Å²) in [5, 5.41) is 8.87. The van der Waals surface area contributed by atoms with Crippen molar-refractivity contribution in [1.29, 1.82) is 0 Å². The van der Waals surface area contributed by atoms with Crippen LogP contribution in [0.2, 0.25) is 0 Å². The van der Waals surface area contributed by atoms with Gasteiger partial charge >= 0.3 is 5.97 Å². The second-order valence-corrected chi connectivity index (χ2v) is 7.37. The molecule has 0 fully saturated rings. The number of sulfonamides is 1. The van der Waals surface area contributed by atoms with Gasteiger partial charge in [-0.15, -0.1) is 0 Å². The lowest BCUT2D eigenvalue weighted by molar-refractivity contribution is 0.0661. The molecule has 116 valence electrons. The minimum absolute atomic E-state index is 0.122. The van der Waals surface area contributed by atoms with Crippen LogP contribution in [0.15, 0.2) is 44.3 Å². The topological polar surface area (TPSA) is 96.6 Å². The molecule has 1 aromatic heterocycles. The first-order valence-electron chi connectivity index (χ1n) is 6.51. The summed E-state index contributed by atoms with van der Waals surface area (Å²) < 4.78 is 32.3. The molecule has 8 heteroatoms. The standard InChI is InChI=1S/C14H12BrNO5S/c15-13-12(7-11(21-13)14(17)18)22(19,20)16-10-6-5-8-3-1-2-4-9(8)10/h1-4,7,10,16H,5-6H2,(H,17,18)/t10-/m1/s1. The lowest BCUT2D eigenvalue weighted by Gasteiger charge is -2.13. The summed E-state index contributed by atoms with van der Waals surface area (Å²) in [7, 11) is -3.88. The Morgan fingerprint density at radius 2 is 2.09 bits per heavy atom. The van der Waals surface area contributed by atoms with Crippen molar-refractivity contribution >= 4 is 31.9 Å². The normalized spacial score (nSPS) is 17.4. The van der Waals surface area contributed by atoms with Crippen molar-refractivity contribution < 1.29 is 22.7 Å². The first-order valence-corrected chi connectivity index (χ1v) is 8.79. The summed E-state index contributed by atoms with van der Waals surface area (Å²) >= 11 is 2.95. The van der Waals surface area contributed by atoms with E-state index in [2.05, 4.69) is 20.7 Å². The molecule has 0 amide bonds. The summed E-state index contributed by atoms with van der Waals surface area (Å²) in [5.74, 6) is -1.76. The van der Waals surface area contributed by atoms with Crippen LogP contribution in [0.5, 0.6) is 0 Å². The van der Waals surface area contributed by atoms with E-state index in [0.717, 1.165) is 23.6 Å². The van der Waals surface area contributed by atoms with E-state index in [1.165, 1.54) is 0 Å². The quantitative estimate of drug-likeness (QED) is 0.842. The van der Waals surface area contributed by atoms with Crippen molar-refractivity contribution in [2.45, 2.75) is 23.8 Å². The fourth-order valence-electron chi connectivity index (χ4n) is 2.57. The number of carboxylic acid groups (broad SMARTS) is 1. The molecule has 0 radical (unpaired) electrons. The molecule has 1 heterocycles. The number of carboxylic acids is 1. The number of hydrogen-bond donors (Lipinski definition) is 2. The average molecular weight is 386 g/mol. The molecule has 0 aliphatic heterocycles. The highest BCUT2D eigenvalue weighted by Gasteiger charge is 2.30. The highest BCUT2D eigenvalue weighted by Crippen LogP contribution is 2.33. The maximum absolute atomic E-state index is 12.5. The molecule has 0 bridgehead atoms. The van der Waals surface area contributed by atoms with Crippen LogP contribution < -0.4 is 4.72 Å². The fourth-order valence-corrected chi connectivity index (χ4v) is 4.76. The van der Waals surface area contributed by atoms with E-state index in [0.29, 0.717) is 6.42 Å². The molecular weight excluding hydrogens is 374 g/mol. The number of nitrogens with one attached hydrogen (secondary N) is 1. The number of furan rings is 1. The first-order chi connectivity index (χ1) is 10.4. The number of fused-ring (bicyclic) bond motifs is 1. The molecule has 0 spiro atoms. The number of aryl methyl sites for hydroxylation is 1. The molecule has 0 saturated heterocycles. The molecular formula is C14H12BrNO5S. The Morgan fingerprint density at radius 3 is 2.77 bits per heavy atom. The third-order valence-electron chi connectivity index (χ3n) is 3.59. The maximum Gasteiger partial charge on any atom is 0.371 e. The van der Waals surface area contributed by atoms with Crippen LogP contribution in [0, 0.1) is 0 Å². The van der Waals surface area contributed by atoms with E-state index in [4.69, 9.17) is 9.52 Å². The third kappa shape index (κ3) is 2.69. The molecule has 1 aliphatic carbocycles. The largest absolute Gasteiger partial charge is 0.475 e. The molecule has 1 aliphatic rings. The van der Waals surface area contributed by atoms with E-state index in [-0.39, 0.29) is 15.6 Å². The zero-order chi connectivity index (χ0) is 15.9. The predicted molar refractivity (Wildman–Crippen MR) is 81.2 cm³/mol. The number of halogens is 1. The van der Waals surface area contributed by atoms with E-state index >= 15 is 0 Å². The number of rotatable bonds is 4. The summed E-state index contributed by atoms with van der Waals surface area (Å²) in [5.41, 5.74) is 2.07. The van der Waals surface area contributed by atoms with Gasteiger partial charge in [0.25, 0.3) is 0 Å². The van der Waals surface area contributed by atoms with Crippen LogP contribution >= 0.6 is 15.9 Å². The minimum atomic E-state index is -3.88. The molecule has 1 atom stereocenters. The SMILES string of the molecule is O=C(O)c1cc(S(=O)(=O)N[C@@H]2CCc3ccccc32)c(Br)o1. The molecule has 22 heavy (non-hydrogen) atoms. The Morgan fingerprint density at radius 1 is 1.36 bits per heavy atom. The van der Waals surface area contributed by atoms with Gasteiger partial charge in [0.15, 0.2) is 4.67 Å². The van der Waals surface area contributed by atoms with Gasteiger partial charge in [0.2, 0.25) is 15.8 Å². The molecule has 2 N–H and O–H groups in total. The molecule has 6 nitrogen and oxygen atoms in total. The van der Waals surface area contributed by atoms with Gasteiger partial charge in [0.1, 0.15) is 4.90 Å². The summed E-state index contributed by atoms with van der Waals surface area (Å²) in [6.45, 7) is 0. The van der Waals surface area contributed by atoms with Gasteiger partial charge in [-0.2, -0.15) is 0 Å². The maximum atomic E-state index is 12.5. The molecule has 1 aromatic carbocycles. The van der Waals surface area contributed by atoms with Crippen LogP contribution in [0.1, 0.15) is 34.1 Å².